The molecule has 0 aromatic heterocycles. The van der Waals surface area contributed by atoms with Gasteiger partial charge in [0.15, 0.2) is 0 Å². The molecular formula is C18H20BrClO. The average Bonchev–Trinajstić information content (AvgIpc) is 2.45. The summed E-state index contributed by atoms with van der Waals surface area (Å²) in [7, 11) is 1.67. The fourth-order valence-corrected chi connectivity index (χ4v) is 3.21. The summed E-state index contributed by atoms with van der Waals surface area (Å²) in [5.74, 6) is 0.807. The van der Waals surface area contributed by atoms with Crippen LogP contribution in [0.15, 0.2) is 46.9 Å². The Kier molecular flexibility index (Phi) is 5.00. The quantitative estimate of drug-likeness (QED) is 0.597. The van der Waals surface area contributed by atoms with Crippen LogP contribution in [-0.4, -0.2) is 7.11 Å². The van der Waals surface area contributed by atoms with Gasteiger partial charge >= 0.3 is 0 Å². The molecule has 1 atom stereocenters. The summed E-state index contributed by atoms with van der Waals surface area (Å²) in [6.45, 7) is 6.61. The molecule has 0 aliphatic heterocycles. The Hall–Kier alpha value is -0.990. The monoisotopic (exact) mass is 366 g/mol. The minimum absolute atomic E-state index is 0.0446. The Morgan fingerprint density at radius 2 is 1.71 bits per heavy atom. The van der Waals surface area contributed by atoms with Gasteiger partial charge < -0.3 is 4.74 Å². The second kappa shape index (κ2) is 6.41. The number of methoxy groups -OCH3 is 1. The van der Waals surface area contributed by atoms with E-state index < -0.39 is 0 Å². The number of alkyl halides is 1. The Morgan fingerprint density at radius 3 is 2.33 bits per heavy atom. The highest BCUT2D eigenvalue weighted by Gasteiger charge is 2.24. The van der Waals surface area contributed by atoms with Crippen LogP contribution in [0.25, 0.3) is 0 Å². The molecule has 0 saturated heterocycles. The van der Waals surface area contributed by atoms with E-state index in [1.54, 1.807) is 7.11 Å². The summed E-state index contributed by atoms with van der Waals surface area (Å²) in [5, 5.41) is -0.243. The fourth-order valence-electron chi connectivity index (χ4n) is 2.47. The molecule has 0 saturated carbocycles. The molecule has 2 aromatic rings. The lowest BCUT2D eigenvalue weighted by Crippen LogP contribution is -2.15. The van der Waals surface area contributed by atoms with Gasteiger partial charge in [0, 0.05) is 10.0 Å². The highest BCUT2D eigenvalue weighted by atomic mass is 79.9. The van der Waals surface area contributed by atoms with Gasteiger partial charge in [-0.1, -0.05) is 61.0 Å². The van der Waals surface area contributed by atoms with Crippen LogP contribution in [-0.2, 0) is 5.41 Å². The zero-order chi connectivity index (χ0) is 15.6. The van der Waals surface area contributed by atoms with Crippen molar-refractivity contribution in [2.45, 2.75) is 31.6 Å². The van der Waals surface area contributed by atoms with Gasteiger partial charge in [0.05, 0.1) is 12.5 Å². The van der Waals surface area contributed by atoms with Crippen molar-refractivity contribution < 1.29 is 4.74 Å². The summed E-state index contributed by atoms with van der Waals surface area (Å²) < 4.78 is 6.46. The zero-order valence-electron chi connectivity index (χ0n) is 12.8. The summed E-state index contributed by atoms with van der Waals surface area (Å²) >= 11 is 10.3. The Labute approximate surface area is 140 Å². The molecular weight excluding hydrogens is 348 g/mol. The third-order valence-corrected chi connectivity index (χ3v) is 4.47. The molecule has 21 heavy (non-hydrogen) atoms. The van der Waals surface area contributed by atoms with Crippen LogP contribution >= 0.6 is 27.5 Å². The Bertz CT molecular complexity index is 631. The summed E-state index contributed by atoms with van der Waals surface area (Å²) in [6, 6.07) is 14.3. The van der Waals surface area contributed by atoms with Crippen LogP contribution in [0.5, 0.6) is 5.75 Å². The molecule has 0 fully saturated rings. The van der Waals surface area contributed by atoms with Crippen molar-refractivity contribution in [2.24, 2.45) is 0 Å². The van der Waals surface area contributed by atoms with Crippen LogP contribution in [0.1, 0.15) is 42.8 Å². The van der Waals surface area contributed by atoms with E-state index >= 15 is 0 Å². The van der Waals surface area contributed by atoms with Crippen LogP contribution in [0.3, 0.4) is 0 Å². The Morgan fingerprint density at radius 1 is 1.05 bits per heavy atom. The first-order chi connectivity index (χ1) is 9.84. The molecule has 0 amide bonds. The predicted octanol–water partition coefficient (Wildman–Crippen LogP) is 6.08. The van der Waals surface area contributed by atoms with Crippen molar-refractivity contribution in [1.29, 1.82) is 0 Å². The molecule has 0 aliphatic carbocycles. The number of hydrogen-bond acceptors (Lipinski definition) is 1. The maximum Gasteiger partial charge on any atom is 0.123 e. The number of halogens is 2. The SMILES string of the molecule is COc1ccc(Br)cc1C(Cl)c1ccccc1C(C)(C)C. The smallest absolute Gasteiger partial charge is 0.123 e. The first kappa shape index (κ1) is 16.4. The van der Waals surface area contributed by atoms with E-state index in [4.69, 9.17) is 16.3 Å². The lowest BCUT2D eigenvalue weighted by Gasteiger charge is -2.26. The molecule has 112 valence electrons. The van der Waals surface area contributed by atoms with E-state index in [0.29, 0.717) is 0 Å². The van der Waals surface area contributed by atoms with E-state index in [-0.39, 0.29) is 10.8 Å². The summed E-state index contributed by atoms with van der Waals surface area (Å²) in [5.41, 5.74) is 3.41. The van der Waals surface area contributed by atoms with Crippen LogP contribution < -0.4 is 4.74 Å². The van der Waals surface area contributed by atoms with E-state index in [1.807, 2.05) is 24.3 Å². The molecule has 2 rings (SSSR count). The maximum absolute atomic E-state index is 6.80. The van der Waals surface area contributed by atoms with Gasteiger partial charge in [-0.2, -0.15) is 0 Å². The second-order valence-corrected chi connectivity index (χ2v) is 7.44. The average molecular weight is 368 g/mol. The third-order valence-electron chi connectivity index (χ3n) is 3.51. The van der Waals surface area contributed by atoms with E-state index in [0.717, 1.165) is 21.3 Å². The predicted molar refractivity (Wildman–Crippen MR) is 93.5 cm³/mol. The topological polar surface area (TPSA) is 9.23 Å². The Balaban J connectivity index is 2.56. The second-order valence-electron chi connectivity index (χ2n) is 6.09. The van der Waals surface area contributed by atoms with Crippen LogP contribution in [0.4, 0.5) is 0 Å². The normalized spacial score (nSPS) is 13.0. The molecule has 0 radical (unpaired) electrons. The van der Waals surface area contributed by atoms with Gasteiger partial charge in [-0.3, -0.25) is 0 Å². The standard InChI is InChI=1S/C18H20BrClO/c1-18(2,3)15-8-6-5-7-13(15)17(20)14-11-12(19)9-10-16(14)21-4/h5-11,17H,1-4H3. The first-order valence-corrected chi connectivity index (χ1v) is 8.14. The number of benzene rings is 2. The van der Waals surface area contributed by atoms with Gasteiger partial charge in [-0.25, -0.2) is 0 Å². The van der Waals surface area contributed by atoms with Gasteiger partial charge in [0.2, 0.25) is 0 Å². The molecule has 1 unspecified atom stereocenters. The molecule has 3 heteroatoms. The van der Waals surface area contributed by atoms with Crippen molar-refractivity contribution in [3.63, 3.8) is 0 Å². The van der Waals surface area contributed by atoms with E-state index in [1.165, 1.54) is 5.56 Å². The third kappa shape index (κ3) is 3.61. The van der Waals surface area contributed by atoms with Gasteiger partial charge in [-0.05, 0) is 34.7 Å². The minimum atomic E-state index is -0.243. The number of hydrogen-bond donors (Lipinski definition) is 0. The van der Waals surface area contributed by atoms with Crippen molar-refractivity contribution in [3.05, 3.63) is 63.6 Å². The van der Waals surface area contributed by atoms with Crippen molar-refractivity contribution in [1.82, 2.24) is 0 Å². The first-order valence-electron chi connectivity index (χ1n) is 6.91. The molecule has 0 spiro atoms. The number of ether oxygens (including phenoxy) is 1. The van der Waals surface area contributed by atoms with E-state index in [2.05, 4.69) is 54.9 Å². The zero-order valence-corrected chi connectivity index (χ0v) is 15.1. The molecule has 0 heterocycles. The highest BCUT2D eigenvalue weighted by molar-refractivity contribution is 9.10. The van der Waals surface area contributed by atoms with Gasteiger partial charge in [-0.15, -0.1) is 11.6 Å². The van der Waals surface area contributed by atoms with Crippen molar-refractivity contribution in [2.75, 3.05) is 7.11 Å². The summed E-state index contributed by atoms with van der Waals surface area (Å²) in [6.07, 6.45) is 0. The molecule has 1 nitrogen and oxygen atoms in total. The van der Waals surface area contributed by atoms with Crippen LogP contribution in [0, 0.1) is 0 Å². The van der Waals surface area contributed by atoms with Crippen molar-refractivity contribution >= 4 is 27.5 Å². The van der Waals surface area contributed by atoms with Gasteiger partial charge in [0.25, 0.3) is 0 Å². The van der Waals surface area contributed by atoms with Gasteiger partial charge in [0.1, 0.15) is 5.75 Å². The molecule has 0 bridgehead atoms. The maximum atomic E-state index is 6.80. The molecule has 0 aliphatic rings. The lowest BCUT2D eigenvalue weighted by molar-refractivity contribution is 0.410. The van der Waals surface area contributed by atoms with E-state index in [9.17, 15) is 0 Å². The van der Waals surface area contributed by atoms with Crippen LogP contribution in [0.2, 0.25) is 0 Å². The highest BCUT2D eigenvalue weighted by Crippen LogP contribution is 2.40. The largest absolute Gasteiger partial charge is 0.496 e. The lowest BCUT2D eigenvalue weighted by atomic mass is 9.82. The minimum Gasteiger partial charge on any atom is -0.496 e. The number of rotatable bonds is 3. The molecule has 2 aromatic carbocycles. The van der Waals surface area contributed by atoms with Crippen molar-refractivity contribution in [3.8, 4) is 5.75 Å². The molecule has 0 N–H and O–H groups in total. The fraction of sp³-hybridized carbons (Fsp3) is 0.333. The summed E-state index contributed by atoms with van der Waals surface area (Å²) in [4.78, 5) is 0.